The Bertz CT molecular complexity index is 336. The Kier molecular flexibility index (Phi) is 4.28. The molecular formula is C12H15FO2. The molecule has 2 nitrogen and oxygen atoms in total. The second-order valence-electron chi connectivity index (χ2n) is 3.44. The number of ether oxygens (including phenoxy) is 1. The molecule has 0 radical (unpaired) electrons. The largest absolute Gasteiger partial charge is 0.469 e. The normalized spacial score (nSPS) is 12.2. The van der Waals surface area contributed by atoms with Crippen LogP contribution in [0.3, 0.4) is 0 Å². The molecule has 0 heterocycles. The second-order valence-corrected chi connectivity index (χ2v) is 3.44. The summed E-state index contributed by atoms with van der Waals surface area (Å²) in [5, 5.41) is 0. The lowest BCUT2D eigenvalue weighted by Gasteiger charge is -2.13. The molecule has 0 saturated heterocycles. The van der Waals surface area contributed by atoms with Gasteiger partial charge in [-0.05, 0) is 30.0 Å². The van der Waals surface area contributed by atoms with Gasteiger partial charge in [0.25, 0.3) is 0 Å². The average Bonchev–Trinajstić information content (AvgIpc) is 2.25. The molecule has 1 unspecified atom stereocenters. The molecule has 0 saturated carbocycles. The van der Waals surface area contributed by atoms with Gasteiger partial charge < -0.3 is 4.74 Å². The van der Waals surface area contributed by atoms with Crippen molar-refractivity contribution in [1.82, 2.24) is 0 Å². The lowest BCUT2D eigenvalue weighted by molar-refractivity contribution is -0.141. The maximum absolute atomic E-state index is 13.0. The van der Waals surface area contributed by atoms with E-state index in [4.69, 9.17) is 0 Å². The minimum absolute atomic E-state index is 0.0353. The van der Waals surface area contributed by atoms with Crippen LogP contribution in [0.1, 0.15) is 31.2 Å². The van der Waals surface area contributed by atoms with E-state index in [0.29, 0.717) is 6.42 Å². The van der Waals surface area contributed by atoms with Crippen molar-refractivity contribution in [3.05, 3.63) is 35.6 Å². The molecule has 0 aliphatic carbocycles. The number of carbonyl (C=O) groups excluding carboxylic acids is 1. The molecule has 0 aromatic heterocycles. The molecule has 0 amide bonds. The van der Waals surface area contributed by atoms with Crippen LogP contribution in [-0.2, 0) is 9.53 Å². The first kappa shape index (κ1) is 11.7. The third-order valence-corrected chi connectivity index (χ3v) is 2.45. The Morgan fingerprint density at radius 2 is 2.27 bits per heavy atom. The molecule has 15 heavy (non-hydrogen) atoms. The van der Waals surface area contributed by atoms with Crippen molar-refractivity contribution in [2.45, 2.75) is 25.7 Å². The summed E-state index contributed by atoms with van der Waals surface area (Å²) in [5.74, 6) is -0.491. The Morgan fingerprint density at radius 3 is 2.80 bits per heavy atom. The Morgan fingerprint density at radius 1 is 1.53 bits per heavy atom. The third kappa shape index (κ3) is 3.35. The fraction of sp³-hybridized carbons (Fsp3) is 0.417. The number of benzene rings is 1. The lowest BCUT2D eigenvalue weighted by Crippen LogP contribution is -2.08. The van der Waals surface area contributed by atoms with E-state index < -0.39 is 0 Å². The molecule has 82 valence electrons. The van der Waals surface area contributed by atoms with Gasteiger partial charge in [0.1, 0.15) is 5.82 Å². The van der Waals surface area contributed by atoms with Crippen LogP contribution in [0.4, 0.5) is 4.39 Å². The first-order chi connectivity index (χ1) is 7.17. The van der Waals surface area contributed by atoms with Crippen molar-refractivity contribution in [2.75, 3.05) is 7.11 Å². The Balaban J connectivity index is 2.78. The number of esters is 1. The zero-order valence-corrected chi connectivity index (χ0v) is 9.00. The SMILES string of the molecule is CCC(CC(=O)OC)c1cccc(F)c1. The van der Waals surface area contributed by atoms with Crippen LogP contribution in [0.2, 0.25) is 0 Å². The highest BCUT2D eigenvalue weighted by Gasteiger charge is 2.14. The van der Waals surface area contributed by atoms with Crippen LogP contribution >= 0.6 is 0 Å². The highest BCUT2D eigenvalue weighted by atomic mass is 19.1. The van der Waals surface area contributed by atoms with E-state index in [-0.39, 0.29) is 17.7 Å². The Labute approximate surface area is 89.1 Å². The molecule has 1 rings (SSSR count). The number of carbonyl (C=O) groups is 1. The highest BCUT2D eigenvalue weighted by Crippen LogP contribution is 2.24. The summed E-state index contributed by atoms with van der Waals surface area (Å²) in [4.78, 5) is 11.1. The fourth-order valence-corrected chi connectivity index (χ4v) is 1.54. The minimum atomic E-state index is -0.268. The molecule has 1 atom stereocenters. The van der Waals surface area contributed by atoms with Crippen molar-refractivity contribution in [3.63, 3.8) is 0 Å². The van der Waals surface area contributed by atoms with Gasteiger partial charge in [-0.3, -0.25) is 4.79 Å². The molecule has 1 aromatic carbocycles. The summed E-state index contributed by atoms with van der Waals surface area (Å²) >= 11 is 0. The number of methoxy groups -OCH3 is 1. The summed E-state index contributed by atoms with van der Waals surface area (Å²) in [6, 6.07) is 6.36. The summed E-state index contributed by atoms with van der Waals surface area (Å²) in [5.41, 5.74) is 0.850. The maximum atomic E-state index is 13.0. The number of hydrogen-bond acceptors (Lipinski definition) is 2. The quantitative estimate of drug-likeness (QED) is 0.714. The molecule has 0 aliphatic rings. The van der Waals surface area contributed by atoms with Crippen molar-refractivity contribution < 1.29 is 13.9 Å². The highest BCUT2D eigenvalue weighted by molar-refractivity contribution is 5.70. The van der Waals surface area contributed by atoms with E-state index in [2.05, 4.69) is 4.74 Å². The summed E-state index contributed by atoms with van der Waals surface area (Å²) in [6.45, 7) is 1.97. The summed E-state index contributed by atoms with van der Waals surface area (Å²) in [6.07, 6.45) is 1.09. The van der Waals surface area contributed by atoms with Crippen LogP contribution in [-0.4, -0.2) is 13.1 Å². The first-order valence-corrected chi connectivity index (χ1v) is 4.99. The molecule has 0 bridgehead atoms. The van der Waals surface area contributed by atoms with Crippen LogP contribution in [0.25, 0.3) is 0 Å². The minimum Gasteiger partial charge on any atom is -0.469 e. The third-order valence-electron chi connectivity index (χ3n) is 2.45. The Hall–Kier alpha value is -1.38. The summed E-state index contributed by atoms with van der Waals surface area (Å²) in [7, 11) is 1.36. The predicted octanol–water partition coefficient (Wildman–Crippen LogP) is 2.88. The van der Waals surface area contributed by atoms with E-state index in [0.717, 1.165) is 12.0 Å². The van der Waals surface area contributed by atoms with Crippen molar-refractivity contribution >= 4 is 5.97 Å². The number of hydrogen-bond donors (Lipinski definition) is 0. The molecule has 0 N–H and O–H groups in total. The molecule has 0 aliphatic heterocycles. The van der Waals surface area contributed by atoms with E-state index >= 15 is 0 Å². The van der Waals surface area contributed by atoms with Gasteiger partial charge in [-0.15, -0.1) is 0 Å². The van der Waals surface area contributed by atoms with Crippen molar-refractivity contribution in [3.8, 4) is 0 Å². The van der Waals surface area contributed by atoms with E-state index in [1.807, 2.05) is 13.0 Å². The van der Waals surface area contributed by atoms with E-state index in [9.17, 15) is 9.18 Å². The molecule has 0 spiro atoms. The smallest absolute Gasteiger partial charge is 0.306 e. The van der Waals surface area contributed by atoms with Gasteiger partial charge in [0.15, 0.2) is 0 Å². The standard InChI is InChI=1S/C12H15FO2/c1-3-9(8-12(14)15-2)10-5-4-6-11(13)7-10/h4-7,9H,3,8H2,1-2H3. The molecular weight excluding hydrogens is 195 g/mol. The van der Waals surface area contributed by atoms with Gasteiger partial charge in [-0.1, -0.05) is 19.1 Å². The topological polar surface area (TPSA) is 26.3 Å². The number of halogens is 1. The predicted molar refractivity (Wildman–Crippen MR) is 56.1 cm³/mol. The molecule has 1 aromatic rings. The van der Waals surface area contributed by atoms with Gasteiger partial charge in [0.05, 0.1) is 13.5 Å². The van der Waals surface area contributed by atoms with Crippen LogP contribution in [0.15, 0.2) is 24.3 Å². The fourth-order valence-electron chi connectivity index (χ4n) is 1.54. The monoisotopic (exact) mass is 210 g/mol. The lowest BCUT2D eigenvalue weighted by atomic mass is 9.93. The van der Waals surface area contributed by atoms with Gasteiger partial charge in [-0.2, -0.15) is 0 Å². The molecule has 0 fully saturated rings. The van der Waals surface area contributed by atoms with Crippen molar-refractivity contribution in [2.24, 2.45) is 0 Å². The van der Waals surface area contributed by atoms with Crippen molar-refractivity contribution in [1.29, 1.82) is 0 Å². The zero-order valence-electron chi connectivity index (χ0n) is 9.00. The van der Waals surface area contributed by atoms with Crippen LogP contribution in [0.5, 0.6) is 0 Å². The van der Waals surface area contributed by atoms with Gasteiger partial charge >= 0.3 is 5.97 Å². The molecule has 3 heteroatoms. The van der Waals surface area contributed by atoms with Gasteiger partial charge in [-0.25, -0.2) is 4.39 Å². The van der Waals surface area contributed by atoms with E-state index in [1.54, 1.807) is 6.07 Å². The average molecular weight is 210 g/mol. The van der Waals surface area contributed by atoms with E-state index in [1.165, 1.54) is 19.2 Å². The van der Waals surface area contributed by atoms with Gasteiger partial charge in [0, 0.05) is 0 Å². The second kappa shape index (κ2) is 5.49. The first-order valence-electron chi connectivity index (χ1n) is 4.99. The summed E-state index contributed by atoms with van der Waals surface area (Å²) < 4.78 is 17.6. The zero-order chi connectivity index (χ0) is 11.3. The van der Waals surface area contributed by atoms with Crippen LogP contribution in [0, 0.1) is 5.82 Å². The van der Waals surface area contributed by atoms with Gasteiger partial charge in [0.2, 0.25) is 0 Å². The number of rotatable bonds is 4. The van der Waals surface area contributed by atoms with Crippen LogP contribution < -0.4 is 0 Å². The maximum Gasteiger partial charge on any atom is 0.306 e.